The lowest BCUT2D eigenvalue weighted by molar-refractivity contribution is 0.606. The second-order valence-corrected chi connectivity index (χ2v) is 5.90. The van der Waals surface area contributed by atoms with Gasteiger partial charge in [-0.3, -0.25) is 0 Å². The second kappa shape index (κ2) is 3.61. The molecule has 2 aromatic rings. The van der Waals surface area contributed by atoms with E-state index >= 15 is 0 Å². The molecule has 1 aliphatic heterocycles. The van der Waals surface area contributed by atoms with E-state index < -0.39 is 0 Å². The topological polar surface area (TPSA) is 12.0 Å². The largest absolute Gasteiger partial charge is 0.376 e. The molecular weight excluding hydrogens is 274 g/mol. The second-order valence-electron chi connectivity index (χ2n) is 4.99. The van der Waals surface area contributed by atoms with Crippen LogP contribution in [0.5, 0.6) is 0 Å². The third-order valence-electron chi connectivity index (χ3n) is 3.32. The normalized spacial score (nSPS) is 15.7. The van der Waals surface area contributed by atoms with Gasteiger partial charge in [-0.25, -0.2) is 0 Å². The van der Waals surface area contributed by atoms with E-state index in [4.69, 9.17) is 0 Å². The Kier molecular flexibility index (Phi) is 2.30. The maximum absolute atomic E-state index is 3.60. The number of anilines is 1. The summed E-state index contributed by atoms with van der Waals surface area (Å²) in [5, 5.41) is 3.60. The van der Waals surface area contributed by atoms with E-state index in [1.54, 1.807) is 0 Å². The minimum atomic E-state index is -0.0164. The lowest BCUT2D eigenvalue weighted by Crippen LogP contribution is -2.31. The molecule has 3 rings (SSSR count). The predicted octanol–water partition coefficient (Wildman–Crippen LogP) is 4.78. The Morgan fingerprint density at radius 2 is 1.76 bits per heavy atom. The number of benzene rings is 2. The maximum atomic E-state index is 3.60. The highest BCUT2D eigenvalue weighted by atomic mass is 79.9. The summed E-state index contributed by atoms with van der Waals surface area (Å²) in [4.78, 5) is 0. The van der Waals surface area contributed by atoms with Crippen molar-refractivity contribution in [1.82, 2.24) is 0 Å². The van der Waals surface area contributed by atoms with Crippen molar-refractivity contribution >= 4 is 21.6 Å². The Labute approximate surface area is 110 Å². The van der Waals surface area contributed by atoms with E-state index in [1.165, 1.54) is 22.4 Å². The van der Waals surface area contributed by atoms with Gasteiger partial charge in [0.05, 0.1) is 5.54 Å². The minimum Gasteiger partial charge on any atom is -0.376 e. The van der Waals surface area contributed by atoms with E-state index in [9.17, 15) is 0 Å². The molecule has 0 amide bonds. The number of nitrogens with one attached hydrogen (secondary N) is 1. The summed E-state index contributed by atoms with van der Waals surface area (Å²) in [6.45, 7) is 4.44. The van der Waals surface area contributed by atoms with Crippen molar-refractivity contribution in [3.8, 4) is 11.1 Å². The zero-order valence-corrected chi connectivity index (χ0v) is 11.5. The number of halogens is 1. The zero-order chi connectivity index (χ0) is 12.0. The molecule has 0 spiro atoms. The van der Waals surface area contributed by atoms with Crippen LogP contribution < -0.4 is 5.32 Å². The predicted molar refractivity (Wildman–Crippen MR) is 76.2 cm³/mol. The van der Waals surface area contributed by atoms with Gasteiger partial charge in [-0.1, -0.05) is 40.2 Å². The Bertz CT molecular complexity index is 587. The van der Waals surface area contributed by atoms with Crippen LogP contribution in [0.25, 0.3) is 11.1 Å². The molecule has 0 unspecified atom stereocenters. The summed E-state index contributed by atoms with van der Waals surface area (Å²) in [7, 11) is 0. The van der Waals surface area contributed by atoms with E-state index in [0.29, 0.717) is 0 Å². The molecule has 0 aromatic heterocycles. The smallest absolute Gasteiger partial charge is 0.0575 e. The molecule has 0 aliphatic carbocycles. The average molecular weight is 288 g/mol. The highest BCUT2D eigenvalue weighted by Gasteiger charge is 2.29. The minimum absolute atomic E-state index is 0.0164. The van der Waals surface area contributed by atoms with Gasteiger partial charge in [0.25, 0.3) is 0 Å². The first kappa shape index (κ1) is 10.8. The van der Waals surface area contributed by atoms with Gasteiger partial charge >= 0.3 is 0 Å². The van der Waals surface area contributed by atoms with Crippen molar-refractivity contribution in [2.45, 2.75) is 19.4 Å². The van der Waals surface area contributed by atoms with E-state index in [2.05, 4.69) is 77.6 Å². The summed E-state index contributed by atoms with van der Waals surface area (Å²) in [6.07, 6.45) is 0. The van der Waals surface area contributed by atoms with Crippen LogP contribution in [0.1, 0.15) is 19.4 Å². The third kappa shape index (κ3) is 1.67. The monoisotopic (exact) mass is 287 g/mol. The van der Waals surface area contributed by atoms with Crippen molar-refractivity contribution in [2.24, 2.45) is 0 Å². The molecule has 2 aromatic carbocycles. The van der Waals surface area contributed by atoms with Crippen LogP contribution in [-0.4, -0.2) is 0 Å². The van der Waals surface area contributed by atoms with Gasteiger partial charge in [0, 0.05) is 15.7 Å². The first-order valence-corrected chi connectivity index (χ1v) is 6.55. The lowest BCUT2D eigenvalue weighted by Gasteiger charge is -2.36. The Morgan fingerprint density at radius 3 is 2.59 bits per heavy atom. The van der Waals surface area contributed by atoms with Crippen molar-refractivity contribution < 1.29 is 0 Å². The number of fused-ring (bicyclic) bond motifs is 3. The summed E-state index contributed by atoms with van der Waals surface area (Å²) in [5.41, 5.74) is 5.14. The van der Waals surface area contributed by atoms with Crippen LogP contribution in [-0.2, 0) is 5.54 Å². The summed E-state index contributed by atoms with van der Waals surface area (Å²) in [6, 6.07) is 15.0. The van der Waals surface area contributed by atoms with Crippen LogP contribution >= 0.6 is 15.9 Å². The number of hydrogen-bond acceptors (Lipinski definition) is 1. The molecule has 17 heavy (non-hydrogen) atoms. The summed E-state index contributed by atoms with van der Waals surface area (Å²) < 4.78 is 1.12. The van der Waals surface area contributed by atoms with Gasteiger partial charge in [0.2, 0.25) is 0 Å². The van der Waals surface area contributed by atoms with Crippen molar-refractivity contribution in [3.63, 3.8) is 0 Å². The average Bonchev–Trinajstić information content (AvgIpc) is 2.30. The van der Waals surface area contributed by atoms with Crippen molar-refractivity contribution in [2.75, 3.05) is 5.32 Å². The van der Waals surface area contributed by atoms with Crippen molar-refractivity contribution in [3.05, 3.63) is 52.5 Å². The Morgan fingerprint density at radius 1 is 1.00 bits per heavy atom. The molecular formula is C15H14BrN. The molecule has 86 valence electrons. The van der Waals surface area contributed by atoms with Crippen molar-refractivity contribution in [1.29, 1.82) is 0 Å². The highest BCUT2D eigenvalue weighted by Crippen LogP contribution is 2.43. The highest BCUT2D eigenvalue weighted by molar-refractivity contribution is 9.10. The molecule has 2 heteroatoms. The fraction of sp³-hybridized carbons (Fsp3) is 0.200. The fourth-order valence-corrected chi connectivity index (χ4v) is 2.88. The molecule has 0 saturated carbocycles. The van der Waals surface area contributed by atoms with Gasteiger partial charge in [-0.15, -0.1) is 0 Å². The molecule has 0 atom stereocenters. The molecule has 1 aliphatic rings. The molecule has 0 bridgehead atoms. The number of hydrogen-bond donors (Lipinski definition) is 1. The quantitative estimate of drug-likeness (QED) is 0.735. The fourth-order valence-electron chi connectivity index (χ4n) is 2.52. The van der Waals surface area contributed by atoms with Crippen LogP contribution in [0.15, 0.2) is 46.9 Å². The maximum Gasteiger partial charge on any atom is 0.0575 e. The van der Waals surface area contributed by atoms with Gasteiger partial charge in [-0.05, 0) is 43.2 Å². The molecule has 0 fully saturated rings. The van der Waals surface area contributed by atoms with Crippen LogP contribution in [0.4, 0.5) is 5.69 Å². The van der Waals surface area contributed by atoms with Crippen LogP contribution in [0.2, 0.25) is 0 Å². The SMILES string of the molecule is CC1(C)Nc2ccc(Br)cc2-c2ccccc21. The standard InChI is InChI=1S/C15H14BrN/c1-15(2)13-6-4-3-5-11(13)12-9-10(16)7-8-14(12)17-15/h3-9,17H,1-2H3. The van der Waals surface area contributed by atoms with Crippen LogP contribution in [0, 0.1) is 0 Å². The molecule has 0 saturated heterocycles. The third-order valence-corrected chi connectivity index (χ3v) is 3.81. The molecule has 1 heterocycles. The van der Waals surface area contributed by atoms with Gasteiger partial charge in [0.1, 0.15) is 0 Å². The van der Waals surface area contributed by atoms with Gasteiger partial charge in [-0.2, -0.15) is 0 Å². The lowest BCUT2D eigenvalue weighted by atomic mass is 9.82. The summed E-state index contributed by atoms with van der Waals surface area (Å²) in [5.74, 6) is 0. The van der Waals surface area contributed by atoms with E-state index in [1.807, 2.05) is 0 Å². The molecule has 1 N–H and O–H groups in total. The molecule has 0 radical (unpaired) electrons. The Balaban J connectivity index is 2.33. The van der Waals surface area contributed by atoms with E-state index in [-0.39, 0.29) is 5.54 Å². The Hall–Kier alpha value is -1.28. The first-order valence-electron chi connectivity index (χ1n) is 5.75. The van der Waals surface area contributed by atoms with Crippen LogP contribution in [0.3, 0.4) is 0 Å². The zero-order valence-electron chi connectivity index (χ0n) is 9.92. The van der Waals surface area contributed by atoms with Gasteiger partial charge < -0.3 is 5.32 Å². The van der Waals surface area contributed by atoms with E-state index in [0.717, 1.165) is 4.47 Å². The summed E-state index contributed by atoms with van der Waals surface area (Å²) >= 11 is 3.54. The van der Waals surface area contributed by atoms with Gasteiger partial charge in [0.15, 0.2) is 0 Å². The number of rotatable bonds is 0. The first-order chi connectivity index (χ1) is 8.08. The molecule has 1 nitrogen and oxygen atoms in total.